The predicted molar refractivity (Wildman–Crippen MR) is 21.2 cm³/mol. The second-order valence-corrected chi connectivity index (χ2v) is 1.34. The van der Waals surface area contributed by atoms with Crippen LogP contribution in [0.2, 0.25) is 0 Å². The fraction of sp³-hybridized carbons (Fsp3) is 1.00. The average molecular weight is 132 g/mol. The summed E-state index contributed by atoms with van der Waals surface area (Å²) in [6, 6.07) is 0. The molecule has 0 fully saturated rings. The highest BCUT2D eigenvalue weighted by Gasteiger charge is 1.84. The Labute approximate surface area is 40.5 Å². The van der Waals surface area contributed by atoms with Crippen molar-refractivity contribution in [3.63, 3.8) is 0 Å². The highest BCUT2D eigenvalue weighted by atomic mass is 32.3. The van der Waals surface area contributed by atoms with Crippen LogP contribution in [0.1, 0.15) is 0 Å². The average Bonchev–Trinajstić information content (AvgIpc) is 1.36. The van der Waals surface area contributed by atoms with Gasteiger partial charge in [0.05, 0.1) is 7.18 Å². The Balaban J connectivity index is 0. The number of hydrogen-bond donors (Lipinski definition) is 2. The molecule has 0 saturated heterocycles. The molecule has 0 rings (SSSR count). The van der Waals surface area contributed by atoms with Gasteiger partial charge in [0, 0.05) is 0 Å². The first kappa shape index (κ1) is 9.93. The molecule has 2 N–H and O–H groups in total. The van der Waals surface area contributed by atoms with E-state index in [1.807, 2.05) is 0 Å². The fourth-order valence-corrected chi connectivity index (χ4v) is 0. The van der Waals surface area contributed by atoms with Crippen molar-refractivity contribution in [1.29, 1.82) is 0 Å². The third kappa shape index (κ3) is 2090. The van der Waals surface area contributed by atoms with Gasteiger partial charge in [-0.3, -0.25) is 13.5 Å². The molecule has 0 aromatic rings. The molecule has 0 aromatic heterocycles. The second kappa shape index (κ2) is 3.97. The first-order valence-corrected chi connectivity index (χ1v) is 2.47. The maximum absolute atomic E-state index is 9.50. The van der Waals surface area contributed by atoms with Gasteiger partial charge >= 0.3 is 10.4 Å². The van der Waals surface area contributed by atoms with Gasteiger partial charge in [-0.1, -0.05) is 0 Å². The number of hydrogen-bond acceptors (Lipinski definition) is 2. The Hall–Kier alpha value is -0.200. The Morgan fingerprint density at radius 2 is 1.29 bits per heavy atom. The van der Waals surface area contributed by atoms with Gasteiger partial charge in [0.2, 0.25) is 0 Å². The lowest BCUT2D eigenvalue weighted by Gasteiger charge is -1.68. The second-order valence-electron chi connectivity index (χ2n) is 0.448. The number of rotatable bonds is 0. The molecule has 4 nitrogen and oxygen atoms in total. The van der Waals surface area contributed by atoms with E-state index in [1.54, 1.807) is 0 Å². The minimum Gasteiger partial charge on any atom is -0.264 e. The molecule has 0 heterocycles. The van der Waals surface area contributed by atoms with E-state index in [0.29, 0.717) is 7.18 Å². The lowest BCUT2D eigenvalue weighted by Crippen LogP contribution is -1.89. The Morgan fingerprint density at radius 3 is 1.29 bits per heavy atom. The molecular weight excluding hydrogens is 127 g/mol. The van der Waals surface area contributed by atoms with Crippen LogP contribution >= 0.6 is 0 Å². The van der Waals surface area contributed by atoms with Crippen LogP contribution in [0, 0.1) is 0 Å². The molecule has 0 unspecified atom stereocenters. The van der Waals surface area contributed by atoms with Gasteiger partial charge in [-0.25, -0.2) is 0 Å². The van der Waals surface area contributed by atoms with Crippen molar-refractivity contribution in [1.82, 2.24) is 0 Å². The summed E-state index contributed by atoms with van der Waals surface area (Å²) >= 11 is 0. The Bertz CT molecular complexity index is 94.9. The summed E-state index contributed by atoms with van der Waals surface area (Å²) in [6.45, 7) is 0. The van der Waals surface area contributed by atoms with Crippen molar-refractivity contribution < 1.29 is 21.9 Å². The molecule has 0 bridgehead atoms. The first-order chi connectivity index (χ1) is 3.00. The SMILES string of the molecule is CF.O=S(=O)(O)O. The molecule has 0 aliphatic rings. The predicted octanol–water partition coefficient (Wildman–Crippen LogP) is -0.0671. The van der Waals surface area contributed by atoms with Crippen LogP contribution in [0.25, 0.3) is 0 Å². The van der Waals surface area contributed by atoms with E-state index in [4.69, 9.17) is 17.5 Å². The van der Waals surface area contributed by atoms with Gasteiger partial charge in [-0.05, 0) is 0 Å². The van der Waals surface area contributed by atoms with Crippen molar-refractivity contribution in [2.45, 2.75) is 0 Å². The monoisotopic (exact) mass is 132 g/mol. The fourth-order valence-electron chi connectivity index (χ4n) is 0. The lowest BCUT2D eigenvalue weighted by atomic mass is 11.9. The summed E-state index contributed by atoms with van der Waals surface area (Å²) in [5.41, 5.74) is 0. The van der Waals surface area contributed by atoms with Crippen LogP contribution in [0.4, 0.5) is 4.39 Å². The summed E-state index contributed by atoms with van der Waals surface area (Å²) in [5.74, 6) is 0. The summed E-state index contributed by atoms with van der Waals surface area (Å²) in [7, 11) is -4.17. The van der Waals surface area contributed by atoms with Crippen molar-refractivity contribution in [3.05, 3.63) is 0 Å². The molecule has 0 saturated carbocycles. The molecular formula is CH5FO4S. The first-order valence-electron chi connectivity index (χ1n) is 1.08. The van der Waals surface area contributed by atoms with E-state index >= 15 is 0 Å². The van der Waals surface area contributed by atoms with Crippen molar-refractivity contribution in [3.8, 4) is 0 Å². The van der Waals surface area contributed by atoms with Gasteiger partial charge in [0.15, 0.2) is 0 Å². The minimum atomic E-state index is -4.67. The molecule has 0 aliphatic heterocycles. The highest BCUT2D eigenvalue weighted by Crippen LogP contribution is 1.59. The molecule has 0 spiro atoms. The van der Waals surface area contributed by atoms with Crippen LogP contribution in [0.5, 0.6) is 0 Å². The van der Waals surface area contributed by atoms with E-state index in [1.165, 1.54) is 0 Å². The number of halogens is 1. The van der Waals surface area contributed by atoms with Crippen LogP contribution in [-0.2, 0) is 10.4 Å². The molecule has 0 amide bonds. The van der Waals surface area contributed by atoms with E-state index in [0.717, 1.165) is 0 Å². The maximum atomic E-state index is 9.50. The van der Waals surface area contributed by atoms with Gasteiger partial charge in [-0.2, -0.15) is 8.42 Å². The third-order valence-corrected chi connectivity index (χ3v) is 0. The van der Waals surface area contributed by atoms with Crippen LogP contribution < -0.4 is 0 Å². The summed E-state index contributed by atoms with van der Waals surface area (Å²) in [6.07, 6.45) is 0. The Morgan fingerprint density at radius 1 is 1.29 bits per heavy atom. The highest BCUT2D eigenvalue weighted by molar-refractivity contribution is 7.79. The largest absolute Gasteiger partial charge is 0.394 e. The molecule has 46 valence electrons. The molecule has 7 heavy (non-hydrogen) atoms. The van der Waals surface area contributed by atoms with E-state index in [2.05, 4.69) is 0 Å². The summed E-state index contributed by atoms with van der Waals surface area (Å²) < 4.78 is 41.1. The molecule has 0 atom stereocenters. The molecule has 0 radical (unpaired) electrons. The smallest absolute Gasteiger partial charge is 0.264 e. The lowest BCUT2D eigenvalue weighted by molar-refractivity contribution is 0.381. The van der Waals surface area contributed by atoms with Crippen LogP contribution in [0.3, 0.4) is 0 Å². The van der Waals surface area contributed by atoms with Crippen molar-refractivity contribution in [2.75, 3.05) is 7.18 Å². The van der Waals surface area contributed by atoms with E-state index < -0.39 is 10.4 Å². The third-order valence-electron chi connectivity index (χ3n) is 0. The quantitative estimate of drug-likeness (QED) is 0.452. The van der Waals surface area contributed by atoms with Gasteiger partial charge in [-0.15, -0.1) is 0 Å². The zero-order valence-electron chi connectivity index (χ0n) is 3.50. The molecule has 0 aromatic carbocycles. The summed E-state index contributed by atoms with van der Waals surface area (Å²) in [5, 5.41) is 0. The zero-order chi connectivity index (χ0) is 6.50. The van der Waals surface area contributed by atoms with Crippen molar-refractivity contribution >= 4 is 10.4 Å². The normalized spacial score (nSPS) is 9.14. The zero-order valence-corrected chi connectivity index (χ0v) is 4.31. The van der Waals surface area contributed by atoms with Crippen LogP contribution in [0.15, 0.2) is 0 Å². The number of alkyl halides is 1. The van der Waals surface area contributed by atoms with E-state index in [-0.39, 0.29) is 0 Å². The molecule has 6 heteroatoms. The van der Waals surface area contributed by atoms with Crippen LogP contribution in [-0.4, -0.2) is 24.7 Å². The molecule has 0 aliphatic carbocycles. The summed E-state index contributed by atoms with van der Waals surface area (Å²) in [4.78, 5) is 0. The van der Waals surface area contributed by atoms with Gasteiger partial charge in [0.25, 0.3) is 0 Å². The Kier molecular flexibility index (Phi) is 5.63. The van der Waals surface area contributed by atoms with Gasteiger partial charge in [0.1, 0.15) is 0 Å². The van der Waals surface area contributed by atoms with Gasteiger partial charge < -0.3 is 0 Å². The van der Waals surface area contributed by atoms with E-state index in [9.17, 15) is 4.39 Å². The topological polar surface area (TPSA) is 74.6 Å². The maximum Gasteiger partial charge on any atom is 0.394 e. The van der Waals surface area contributed by atoms with Crippen molar-refractivity contribution in [2.24, 2.45) is 0 Å². The minimum absolute atomic E-state index is 0.500. The standard InChI is InChI=1S/CH3F.H2O4S/c1-2;1-5(2,3)4/h1H3;(H2,1,2,3,4).